The Morgan fingerprint density at radius 1 is 1.25 bits per heavy atom. The van der Waals surface area contributed by atoms with Crippen molar-refractivity contribution in [2.24, 2.45) is 0 Å². The monoisotopic (exact) mass is 201 g/mol. The molecule has 0 unspecified atom stereocenters. The molecule has 1 aromatic carbocycles. The average molecular weight is 202 g/mol. The molecule has 0 saturated carbocycles. The lowest BCUT2D eigenvalue weighted by Crippen LogP contribution is -2.12. The Balaban J connectivity index is 2.72. The van der Waals surface area contributed by atoms with Crippen molar-refractivity contribution in [1.82, 2.24) is 5.32 Å². The highest BCUT2D eigenvalue weighted by Crippen LogP contribution is 2.29. The second kappa shape index (κ2) is 2.64. The van der Waals surface area contributed by atoms with E-state index < -0.39 is 0 Å². The van der Waals surface area contributed by atoms with E-state index >= 15 is 0 Å². The number of nitrogens with one attached hydrogen (secondary N) is 1. The molecule has 1 amide bonds. The van der Waals surface area contributed by atoms with Crippen LogP contribution in [0.15, 0.2) is 12.1 Å². The number of hydrogen-bond donors (Lipinski definition) is 1. The second-order valence-corrected chi connectivity index (χ2v) is 3.38. The number of benzene rings is 1. The zero-order valence-corrected chi connectivity index (χ0v) is 7.54. The predicted molar refractivity (Wildman–Crippen MR) is 47.6 cm³/mol. The molecule has 1 aliphatic rings. The molecule has 1 N–H and O–H groups in total. The maximum Gasteiger partial charge on any atom is 0.253 e. The summed E-state index contributed by atoms with van der Waals surface area (Å²) in [5.74, 6) is -0.141. The number of rotatable bonds is 0. The largest absolute Gasteiger partial charge is 0.348 e. The molecule has 0 bridgehead atoms. The lowest BCUT2D eigenvalue weighted by Gasteiger charge is -1.99. The van der Waals surface area contributed by atoms with Crippen molar-refractivity contribution in [3.8, 4) is 0 Å². The van der Waals surface area contributed by atoms with Crippen molar-refractivity contribution in [2.75, 3.05) is 0 Å². The van der Waals surface area contributed by atoms with Gasteiger partial charge in [0.05, 0.1) is 10.6 Å². The van der Waals surface area contributed by atoms with Gasteiger partial charge in [0.15, 0.2) is 0 Å². The van der Waals surface area contributed by atoms with E-state index in [2.05, 4.69) is 5.32 Å². The molecule has 0 spiro atoms. The van der Waals surface area contributed by atoms with E-state index in [4.69, 9.17) is 23.2 Å². The summed E-state index contributed by atoms with van der Waals surface area (Å²) in [6, 6.07) is 3.33. The SMILES string of the molecule is O=C1NCc2c(Cl)ccc(Cl)c21. The topological polar surface area (TPSA) is 29.1 Å². The quantitative estimate of drug-likeness (QED) is 0.686. The summed E-state index contributed by atoms with van der Waals surface area (Å²) < 4.78 is 0. The lowest BCUT2D eigenvalue weighted by atomic mass is 10.1. The van der Waals surface area contributed by atoms with E-state index in [1.165, 1.54) is 0 Å². The molecule has 0 aromatic heterocycles. The highest BCUT2D eigenvalue weighted by molar-refractivity contribution is 6.37. The molecule has 0 aliphatic carbocycles. The van der Waals surface area contributed by atoms with E-state index in [1.54, 1.807) is 12.1 Å². The van der Waals surface area contributed by atoms with E-state index in [0.29, 0.717) is 22.2 Å². The maximum atomic E-state index is 11.2. The van der Waals surface area contributed by atoms with Crippen molar-refractivity contribution < 1.29 is 4.79 Å². The van der Waals surface area contributed by atoms with Crippen molar-refractivity contribution >= 4 is 29.1 Å². The molecule has 1 heterocycles. The Kier molecular flexibility index (Phi) is 1.74. The number of hydrogen-bond acceptors (Lipinski definition) is 1. The van der Waals surface area contributed by atoms with Crippen LogP contribution in [0.4, 0.5) is 0 Å². The van der Waals surface area contributed by atoms with Crippen LogP contribution in [0.1, 0.15) is 15.9 Å². The zero-order chi connectivity index (χ0) is 8.72. The molecule has 0 atom stereocenters. The minimum atomic E-state index is -0.141. The van der Waals surface area contributed by atoms with Gasteiger partial charge in [0.2, 0.25) is 0 Å². The first kappa shape index (κ1) is 7.90. The fourth-order valence-electron chi connectivity index (χ4n) is 1.27. The van der Waals surface area contributed by atoms with Crippen molar-refractivity contribution in [3.63, 3.8) is 0 Å². The summed E-state index contributed by atoms with van der Waals surface area (Å²) in [6.45, 7) is 0.480. The van der Waals surface area contributed by atoms with E-state index in [-0.39, 0.29) is 5.91 Å². The van der Waals surface area contributed by atoms with Crippen LogP contribution < -0.4 is 5.32 Å². The molecule has 62 valence electrons. The molecule has 1 aliphatic heterocycles. The van der Waals surface area contributed by atoms with E-state index in [1.807, 2.05) is 0 Å². The van der Waals surface area contributed by atoms with Gasteiger partial charge < -0.3 is 5.32 Å². The number of amides is 1. The maximum absolute atomic E-state index is 11.2. The highest BCUT2D eigenvalue weighted by Gasteiger charge is 2.23. The smallest absolute Gasteiger partial charge is 0.253 e. The standard InChI is InChI=1S/C8H5Cl2NO/c9-5-1-2-6(10)7-4(5)3-11-8(7)12/h1-2H,3H2,(H,11,12). The minimum absolute atomic E-state index is 0.141. The van der Waals surface area contributed by atoms with Crippen molar-refractivity contribution in [3.05, 3.63) is 33.3 Å². The van der Waals surface area contributed by atoms with E-state index in [0.717, 1.165) is 5.56 Å². The molecular weight excluding hydrogens is 197 g/mol. The van der Waals surface area contributed by atoms with Crippen LogP contribution in [0.3, 0.4) is 0 Å². The van der Waals surface area contributed by atoms with Gasteiger partial charge in [0.1, 0.15) is 0 Å². The van der Waals surface area contributed by atoms with Crippen LogP contribution in [0, 0.1) is 0 Å². The number of carbonyl (C=O) groups is 1. The summed E-state index contributed by atoms with van der Waals surface area (Å²) >= 11 is 11.7. The predicted octanol–water partition coefficient (Wildman–Crippen LogP) is 2.24. The fraction of sp³-hybridized carbons (Fsp3) is 0.125. The molecule has 0 saturated heterocycles. The first-order valence-corrected chi connectivity index (χ1v) is 4.21. The third kappa shape index (κ3) is 0.993. The molecule has 0 radical (unpaired) electrons. The molecule has 4 heteroatoms. The van der Waals surface area contributed by atoms with Crippen LogP contribution in [-0.4, -0.2) is 5.91 Å². The average Bonchev–Trinajstić information content (AvgIpc) is 2.42. The number of carbonyl (C=O) groups excluding carboxylic acids is 1. The number of halogens is 2. The van der Waals surface area contributed by atoms with Crippen LogP contribution in [-0.2, 0) is 6.54 Å². The Bertz CT molecular complexity index is 362. The summed E-state index contributed by atoms with van der Waals surface area (Å²) in [7, 11) is 0. The van der Waals surface area contributed by atoms with Gasteiger partial charge in [-0.15, -0.1) is 0 Å². The summed E-state index contributed by atoms with van der Waals surface area (Å²) in [5, 5.41) is 3.71. The van der Waals surface area contributed by atoms with E-state index in [9.17, 15) is 4.79 Å². The zero-order valence-electron chi connectivity index (χ0n) is 6.03. The van der Waals surface area contributed by atoms with Crippen molar-refractivity contribution in [1.29, 1.82) is 0 Å². The molecule has 12 heavy (non-hydrogen) atoms. The van der Waals surface area contributed by atoms with Gasteiger partial charge in [-0.1, -0.05) is 23.2 Å². The van der Waals surface area contributed by atoms with Gasteiger partial charge in [-0.25, -0.2) is 0 Å². The molecule has 0 fully saturated rings. The Morgan fingerprint density at radius 2 is 1.92 bits per heavy atom. The number of fused-ring (bicyclic) bond motifs is 1. The van der Waals surface area contributed by atoms with Gasteiger partial charge in [0, 0.05) is 17.1 Å². The van der Waals surface area contributed by atoms with Gasteiger partial charge >= 0.3 is 0 Å². The lowest BCUT2D eigenvalue weighted by molar-refractivity contribution is 0.0966. The van der Waals surface area contributed by atoms with Crippen LogP contribution >= 0.6 is 23.2 Å². The van der Waals surface area contributed by atoms with Crippen LogP contribution in [0.2, 0.25) is 10.0 Å². The molecule has 1 aromatic rings. The Hall–Kier alpha value is -0.730. The van der Waals surface area contributed by atoms with Crippen molar-refractivity contribution in [2.45, 2.75) is 6.54 Å². The summed E-state index contributed by atoms with van der Waals surface area (Å²) in [4.78, 5) is 11.2. The fourth-order valence-corrected chi connectivity index (χ4v) is 1.76. The Morgan fingerprint density at radius 3 is 2.58 bits per heavy atom. The van der Waals surface area contributed by atoms with Gasteiger partial charge in [-0.05, 0) is 12.1 Å². The first-order valence-electron chi connectivity index (χ1n) is 3.45. The van der Waals surface area contributed by atoms with Crippen LogP contribution in [0.5, 0.6) is 0 Å². The van der Waals surface area contributed by atoms with Crippen LogP contribution in [0.25, 0.3) is 0 Å². The Labute approximate surface area is 79.5 Å². The first-order chi connectivity index (χ1) is 5.70. The normalized spacial score (nSPS) is 14.3. The van der Waals surface area contributed by atoms with Gasteiger partial charge in [-0.3, -0.25) is 4.79 Å². The minimum Gasteiger partial charge on any atom is -0.348 e. The summed E-state index contributed by atoms with van der Waals surface area (Å²) in [6.07, 6.45) is 0. The summed E-state index contributed by atoms with van der Waals surface area (Å²) in [5.41, 5.74) is 1.32. The molecule has 2 rings (SSSR count). The third-order valence-corrected chi connectivity index (χ3v) is 2.53. The highest BCUT2D eigenvalue weighted by atomic mass is 35.5. The third-order valence-electron chi connectivity index (χ3n) is 1.86. The van der Waals surface area contributed by atoms with Gasteiger partial charge in [-0.2, -0.15) is 0 Å². The van der Waals surface area contributed by atoms with Gasteiger partial charge in [0.25, 0.3) is 5.91 Å². The molecular formula is C8H5Cl2NO. The molecule has 2 nitrogen and oxygen atoms in total. The second-order valence-electron chi connectivity index (χ2n) is 2.57.